The van der Waals surface area contributed by atoms with Crippen molar-refractivity contribution in [3.05, 3.63) is 40.3 Å². The average molecular weight is 285 g/mol. The Labute approximate surface area is 105 Å². The molecule has 0 unspecified atom stereocenters. The summed E-state index contributed by atoms with van der Waals surface area (Å²) in [6, 6.07) is 4.04. The number of hydrogen-bond acceptors (Lipinski definition) is 5. The molecule has 0 saturated heterocycles. The summed E-state index contributed by atoms with van der Waals surface area (Å²) in [5.74, 6) is -1.51. The number of rotatable bonds is 2. The van der Waals surface area contributed by atoms with Gasteiger partial charge in [-0.2, -0.15) is 8.42 Å². The van der Waals surface area contributed by atoms with E-state index in [9.17, 15) is 23.2 Å². The molecule has 1 heterocycles. The van der Waals surface area contributed by atoms with Crippen LogP contribution in [0.15, 0.2) is 34.0 Å². The molecule has 100 valence electrons. The summed E-state index contributed by atoms with van der Waals surface area (Å²) in [6.07, 6.45) is 0. The molecule has 1 aromatic heterocycles. The van der Waals surface area contributed by atoms with Crippen LogP contribution >= 0.6 is 0 Å². The van der Waals surface area contributed by atoms with Gasteiger partial charge in [0.25, 0.3) is 15.7 Å². The van der Waals surface area contributed by atoms with E-state index in [2.05, 4.69) is 0 Å². The number of fused-ring (bicyclic) bond motifs is 1. The first-order valence-electron chi connectivity index (χ1n) is 4.81. The van der Waals surface area contributed by atoms with Crippen LogP contribution in [0.25, 0.3) is 10.8 Å². The fraction of sp³-hybridized carbons (Fsp3) is 0. The number of carboxylic acid groups (broad SMARTS) is 1. The van der Waals surface area contributed by atoms with Crippen LogP contribution in [0.3, 0.4) is 0 Å². The Hall–Kier alpha value is -2.39. The van der Waals surface area contributed by atoms with Crippen LogP contribution in [0.2, 0.25) is 0 Å². The van der Waals surface area contributed by atoms with Gasteiger partial charge in [0.1, 0.15) is 0 Å². The van der Waals surface area contributed by atoms with E-state index in [-0.39, 0.29) is 15.5 Å². The van der Waals surface area contributed by atoms with Crippen molar-refractivity contribution >= 4 is 26.9 Å². The Morgan fingerprint density at radius 1 is 1.21 bits per heavy atom. The second-order valence-electron chi connectivity index (χ2n) is 3.68. The van der Waals surface area contributed by atoms with Gasteiger partial charge >= 0.3 is 5.97 Å². The lowest BCUT2D eigenvalue weighted by atomic mass is 10.1. The van der Waals surface area contributed by atoms with Crippen molar-refractivity contribution < 1.29 is 28.1 Å². The third-order valence-electron chi connectivity index (χ3n) is 2.48. The number of benzene rings is 1. The fourth-order valence-corrected chi connectivity index (χ4v) is 2.10. The van der Waals surface area contributed by atoms with Crippen molar-refractivity contribution in [3.8, 4) is 0 Å². The predicted octanol–water partition coefficient (Wildman–Crippen LogP) is 0.184. The maximum absolute atomic E-state index is 11.7. The van der Waals surface area contributed by atoms with Gasteiger partial charge in [0.05, 0.1) is 10.3 Å². The van der Waals surface area contributed by atoms with Crippen LogP contribution in [-0.2, 0) is 10.1 Å². The smallest absolute Gasteiger partial charge is 0.356 e. The highest BCUT2D eigenvalue weighted by atomic mass is 32.2. The van der Waals surface area contributed by atoms with Gasteiger partial charge in [-0.05, 0) is 23.6 Å². The number of nitrogens with zero attached hydrogens (tertiary/aromatic N) is 1. The van der Waals surface area contributed by atoms with Gasteiger partial charge in [0, 0.05) is 0 Å². The molecule has 9 heteroatoms. The number of carbonyl (C=O) groups is 1. The molecule has 0 atom stereocenters. The maximum atomic E-state index is 11.7. The topological polar surface area (TPSA) is 134 Å². The standard InChI is InChI=1S/C10H7NO7S/c12-9-7-4-6(19(16,17)18)2-1-5(7)3-8(10(13)14)11(9)15/h1-4,15H,(H,13,14)(H,16,17,18). The van der Waals surface area contributed by atoms with E-state index in [1.165, 1.54) is 0 Å². The Morgan fingerprint density at radius 2 is 1.84 bits per heavy atom. The van der Waals surface area contributed by atoms with Gasteiger partial charge in [-0.1, -0.05) is 6.07 Å². The van der Waals surface area contributed by atoms with Gasteiger partial charge in [0.15, 0.2) is 5.69 Å². The van der Waals surface area contributed by atoms with Crippen molar-refractivity contribution in [1.82, 2.24) is 4.73 Å². The third-order valence-corrected chi connectivity index (χ3v) is 3.33. The number of aromatic carboxylic acids is 1. The molecule has 0 fully saturated rings. The summed E-state index contributed by atoms with van der Waals surface area (Å²) in [5.41, 5.74) is -1.75. The Morgan fingerprint density at radius 3 is 2.37 bits per heavy atom. The van der Waals surface area contributed by atoms with Crippen LogP contribution in [-0.4, -0.2) is 34.0 Å². The number of hydrogen-bond donors (Lipinski definition) is 3. The molecule has 0 spiro atoms. The van der Waals surface area contributed by atoms with Gasteiger partial charge in [0.2, 0.25) is 0 Å². The highest BCUT2D eigenvalue weighted by molar-refractivity contribution is 7.85. The second-order valence-corrected chi connectivity index (χ2v) is 5.10. The van der Waals surface area contributed by atoms with Crippen molar-refractivity contribution in [2.24, 2.45) is 0 Å². The zero-order chi connectivity index (χ0) is 14.4. The molecule has 0 amide bonds. The Balaban J connectivity index is 2.91. The Bertz CT molecular complexity index is 850. The van der Waals surface area contributed by atoms with Crippen LogP contribution in [0.1, 0.15) is 10.5 Å². The molecular formula is C10H7NO7S. The molecule has 0 aliphatic heterocycles. The van der Waals surface area contributed by atoms with E-state index < -0.39 is 32.2 Å². The lowest BCUT2D eigenvalue weighted by Gasteiger charge is -2.05. The highest BCUT2D eigenvalue weighted by Gasteiger charge is 2.16. The second kappa shape index (κ2) is 4.07. The minimum atomic E-state index is -4.50. The van der Waals surface area contributed by atoms with E-state index in [0.29, 0.717) is 0 Å². The zero-order valence-corrected chi connectivity index (χ0v) is 9.96. The van der Waals surface area contributed by atoms with Gasteiger partial charge in [-0.3, -0.25) is 9.35 Å². The van der Waals surface area contributed by atoms with Gasteiger partial charge in [-0.25, -0.2) is 4.79 Å². The third kappa shape index (κ3) is 2.16. The zero-order valence-electron chi connectivity index (χ0n) is 9.14. The summed E-state index contributed by atoms with van der Waals surface area (Å²) in [6.45, 7) is 0. The predicted molar refractivity (Wildman–Crippen MR) is 62.2 cm³/mol. The van der Waals surface area contributed by atoms with E-state index in [1.54, 1.807) is 0 Å². The monoisotopic (exact) mass is 285 g/mol. The largest absolute Gasteiger partial charge is 0.476 e. The molecule has 2 rings (SSSR count). The Kier molecular flexibility index (Phi) is 2.80. The first-order chi connectivity index (χ1) is 8.71. The summed E-state index contributed by atoms with van der Waals surface area (Å²) in [7, 11) is -4.50. The molecule has 0 aliphatic rings. The van der Waals surface area contributed by atoms with Crippen LogP contribution in [0, 0.1) is 0 Å². The molecule has 2 aromatic rings. The molecule has 3 N–H and O–H groups in total. The molecule has 0 saturated carbocycles. The van der Waals surface area contributed by atoms with E-state index in [4.69, 9.17) is 9.66 Å². The summed E-state index contributed by atoms with van der Waals surface area (Å²) >= 11 is 0. The van der Waals surface area contributed by atoms with Crippen LogP contribution in [0.4, 0.5) is 0 Å². The molecule has 0 radical (unpaired) electrons. The highest BCUT2D eigenvalue weighted by Crippen LogP contribution is 2.17. The fourth-order valence-electron chi connectivity index (χ4n) is 1.59. The normalized spacial score (nSPS) is 11.6. The minimum Gasteiger partial charge on any atom is -0.476 e. The quantitative estimate of drug-likeness (QED) is 0.529. The van der Waals surface area contributed by atoms with Gasteiger partial charge in [-0.15, -0.1) is 4.73 Å². The molecular weight excluding hydrogens is 278 g/mol. The molecule has 1 aromatic carbocycles. The lowest BCUT2D eigenvalue weighted by Crippen LogP contribution is -2.24. The van der Waals surface area contributed by atoms with Crippen molar-refractivity contribution in [1.29, 1.82) is 0 Å². The molecule has 0 bridgehead atoms. The summed E-state index contributed by atoms with van der Waals surface area (Å²) in [5, 5.41) is 18.0. The minimum absolute atomic E-state index is 0.0988. The van der Waals surface area contributed by atoms with Crippen LogP contribution < -0.4 is 5.56 Å². The molecule has 19 heavy (non-hydrogen) atoms. The number of carboxylic acids is 1. The van der Waals surface area contributed by atoms with Crippen molar-refractivity contribution in [2.45, 2.75) is 4.90 Å². The maximum Gasteiger partial charge on any atom is 0.356 e. The number of pyridine rings is 1. The molecule has 8 nitrogen and oxygen atoms in total. The van der Waals surface area contributed by atoms with Crippen LogP contribution in [0.5, 0.6) is 0 Å². The number of aromatic nitrogens is 1. The van der Waals surface area contributed by atoms with E-state index in [0.717, 1.165) is 24.3 Å². The van der Waals surface area contributed by atoms with Crippen molar-refractivity contribution in [2.75, 3.05) is 0 Å². The SMILES string of the molecule is O=C(O)c1cc2ccc(S(=O)(=O)O)cc2c(=O)n1O. The van der Waals surface area contributed by atoms with E-state index in [1.807, 2.05) is 0 Å². The first kappa shape index (κ1) is 13.1. The van der Waals surface area contributed by atoms with Crippen molar-refractivity contribution in [3.63, 3.8) is 0 Å². The summed E-state index contributed by atoms with van der Waals surface area (Å²) < 4.78 is 30.6. The summed E-state index contributed by atoms with van der Waals surface area (Å²) in [4.78, 5) is 22.0. The van der Waals surface area contributed by atoms with Gasteiger partial charge < -0.3 is 10.3 Å². The lowest BCUT2D eigenvalue weighted by molar-refractivity contribution is 0.0636. The first-order valence-corrected chi connectivity index (χ1v) is 6.25. The van der Waals surface area contributed by atoms with E-state index >= 15 is 0 Å². The molecule has 0 aliphatic carbocycles. The average Bonchev–Trinajstić information content (AvgIpc) is 2.31.